The number of primary amides is 1. The molecule has 0 aliphatic carbocycles. The minimum atomic E-state index is -0.671. The van der Waals surface area contributed by atoms with Crippen molar-refractivity contribution in [1.82, 2.24) is 0 Å². The van der Waals surface area contributed by atoms with Crippen molar-refractivity contribution < 1.29 is 23.5 Å². The van der Waals surface area contributed by atoms with Crippen LogP contribution in [0.5, 0.6) is 0 Å². The highest BCUT2D eigenvalue weighted by Crippen LogP contribution is 2.33. The van der Waals surface area contributed by atoms with Crippen LogP contribution in [0.1, 0.15) is 44.0 Å². The molecule has 8 heteroatoms. The van der Waals surface area contributed by atoms with Gasteiger partial charge in [0.05, 0.1) is 17.0 Å². The van der Waals surface area contributed by atoms with Gasteiger partial charge in [-0.25, -0.2) is 4.79 Å². The second kappa shape index (κ2) is 7.80. The average molecular weight is 362 g/mol. The molecule has 0 atom stereocenters. The lowest BCUT2D eigenvalue weighted by Crippen LogP contribution is -2.13. The molecule has 0 aromatic carbocycles. The Bertz CT molecular complexity index is 847. The predicted molar refractivity (Wildman–Crippen MR) is 94.6 cm³/mol. The van der Waals surface area contributed by atoms with Crippen molar-refractivity contribution in [3.8, 4) is 0 Å². The van der Waals surface area contributed by atoms with Crippen molar-refractivity contribution in [1.29, 1.82) is 0 Å². The molecule has 0 unspecified atom stereocenters. The minimum Gasteiger partial charge on any atom is -0.462 e. The van der Waals surface area contributed by atoms with E-state index in [0.717, 1.165) is 17.1 Å². The molecule has 0 aliphatic rings. The third kappa shape index (κ3) is 4.36. The second-order valence-corrected chi connectivity index (χ2v) is 6.14. The third-order valence-corrected chi connectivity index (χ3v) is 4.47. The number of amides is 2. The van der Waals surface area contributed by atoms with Gasteiger partial charge in [0.15, 0.2) is 0 Å². The maximum atomic E-state index is 12.1. The second-order valence-electron chi connectivity index (χ2n) is 5.12. The van der Waals surface area contributed by atoms with E-state index in [2.05, 4.69) is 5.32 Å². The van der Waals surface area contributed by atoms with Gasteiger partial charge in [-0.3, -0.25) is 9.59 Å². The van der Waals surface area contributed by atoms with Gasteiger partial charge >= 0.3 is 5.97 Å². The van der Waals surface area contributed by atoms with Crippen LogP contribution < -0.4 is 11.1 Å². The summed E-state index contributed by atoms with van der Waals surface area (Å²) >= 11 is 0.938. The number of nitrogens with two attached hydrogens (primary N) is 1. The lowest BCUT2D eigenvalue weighted by atomic mass is 10.1. The fraction of sp³-hybridized carbons (Fsp3) is 0.235. The molecule has 3 N–H and O–H groups in total. The van der Waals surface area contributed by atoms with Crippen molar-refractivity contribution in [3.63, 3.8) is 0 Å². The maximum absolute atomic E-state index is 12.1. The van der Waals surface area contributed by atoms with Gasteiger partial charge < -0.3 is 20.2 Å². The van der Waals surface area contributed by atoms with Crippen LogP contribution in [-0.4, -0.2) is 24.4 Å². The zero-order valence-electron chi connectivity index (χ0n) is 14.0. The molecule has 0 radical (unpaired) electrons. The van der Waals surface area contributed by atoms with Gasteiger partial charge in [-0.15, -0.1) is 11.3 Å². The fourth-order valence-corrected chi connectivity index (χ4v) is 3.19. The fourth-order valence-electron chi connectivity index (χ4n) is 2.14. The van der Waals surface area contributed by atoms with E-state index < -0.39 is 17.8 Å². The molecule has 0 saturated heterocycles. The van der Waals surface area contributed by atoms with Crippen LogP contribution in [0.25, 0.3) is 6.08 Å². The highest BCUT2D eigenvalue weighted by molar-refractivity contribution is 7.18. The smallest absolute Gasteiger partial charge is 0.341 e. The Kier molecular flexibility index (Phi) is 5.76. The van der Waals surface area contributed by atoms with Crippen LogP contribution in [0.2, 0.25) is 0 Å². The summed E-state index contributed by atoms with van der Waals surface area (Å²) in [5, 5.41) is 2.80. The number of hydrogen-bond donors (Lipinski definition) is 2. The number of esters is 1. The van der Waals surface area contributed by atoms with E-state index >= 15 is 0 Å². The number of furan rings is 1. The zero-order valence-corrected chi connectivity index (χ0v) is 14.9. The van der Waals surface area contributed by atoms with Crippen molar-refractivity contribution in [2.45, 2.75) is 20.8 Å². The third-order valence-electron chi connectivity index (χ3n) is 3.25. The van der Waals surface area contributed by atoms with E-state index in [1.54, 1.807) is 32.9 Å². The van der Waals surface area contributed by atoms with E-state index in [1.165, 1.54) is 12.2 Å². The maximum Gasteiger partial charge on any atom is 0.341 e. The zero-order chi connectivity index (χ0) is 18.6. The molecule has 0 saturated carbocycles. The molecule has 0 fully saturated rings. The first-order valence-electron chi connectivity index (χ1n) is 7.49. The average Bonchev–Trinajstić information content (AvgIpc) is 3.09. The van der Waals surface area contributed by atoms with E-state index in [-0.39, 0.29) is 22.0 Å². The Labute approximate surface area is 148 Å². The number of carbonyl (C=O) groups excluding carboxylic acids is 3. The highest BCUT2D eigenvalue weighted by Gasteiger charge is 2.25. The summed E-state index contributed by atoms with van der Waals surface area (Å²) in [6.07, 6.45) is 2.77. The summed E-state index contributed by atoms with van der Waals surface area (Å²) in [7, 11) is 0. The molecule has 0 aliphatic heterocycles. The molecular weight excluding hydrogens is 344 g/mol. The normalized spacial score (nSPS) is 10.8. The van der Waals surface area contributed by atoms with Crippen molar-refractivity contribution >= 4 is 40.2 Å². The Morgan fingerprint density at radius 2 is 2.04 bits per heavy atom. The van der Waals surface area contributed by atoms with Gasteiger partial charge in [0, 0.05) is 6.08 Å². The van der Waals surface area contributed by atoms with E-state index in [0.29, 0.717) is 11.3 Å². The van der Waals surface area contributed by atoms with Crippen molar-refractivity contribution in [2.24, 2.45) is 5.73 Å². The van der Waals surface area contributed by atoms with Gasteiger partial charge in [-0.1, -0.05) is 0 Å². The van der Waals surface area contributed by atoms with Gasteiger partial charge in [0.2, 0.25) is 5.91 Å². The number of carbonyl (C=O) groups is 3. The Balaban J connectivity index is 2.26. The first-order chi connectivity index (χ1) is 11.8. The largest absolute Gasteiger partial charge is 0.462 e. The Morgan fingerprint density at radius 1 is 1.32 bits per heavy atom. The van der Waals surface area contributed by atoms with Crippen LogP contribution in [-0.2, 0) is 9.53 Å². The topological polar surface area (TPSA) is 112 Å². The van der Waals surface area contributed by atoms with E-state index in [4.69, 9.17) is 14.9 Å². The van der Waals surface area contributed by atoms with Crippen molar-refractivity contribution in [2.75, 3.05) is 11.9 Å². The highest BCUT2D eigenvalue weighted by atomic mass is 32.1. The monoisotopic (exact) mass is 362 g/mol. The first kappa shape index (κ1) is 18.5. The van der Waals surface area contributed by atoms with Gasteiger partial charge in [0.1, 0.15) is 16.5 Å². The lowest BCUT2D eigenvalue weighted by Gasteiger charge is -2.05. The molecule has 2 aromatic heterocycles. The Hall–Kier alpha value is -2.87. The number of nitrogens with one attached hydrogen (secondary N) is 1. The van der Waals surface area contributed by atoms with Crippen LogP contribution in [0.15, 0.2) is 22.6 Å². The number of thiophene rings is 1. The number of aryl methyl sites for hydroxylation is 1. The lowest BCUT2D eigenvalue weighted by molar-refractivity contribution is -0.111. The van der Waals surface area contributed by atoms with Gasteiger partial charge in [0.25, 0.3) is 5.91 Å². The van der Waals surface area contributed by atoms with Crippen molar-refractivity contribution in [3.05, 3.63) is 45.7 Å². The molecule has 25 heavy (non-hydrogen) atoms. The number of ether oxygens (including phenoxy) is 1. The number of anilines is 1. The van der Waals surface area contributed by atoms with Crippen LogP contribution in [0.4, 0.5) is 5.00 Å². The van der Waals surface area contributed by atoms with Gasteiger partial charge in [-0.05, 0) is 44.5 Å². The number of hydrogen-bond acceptors (Lipinski definition) is 6. The SMILES string of the molecule is CCOC(=O)c1c(NC(=O)C=Cc2ccc(C)o2)sc(C(N)=O)c1C. The van der Waals surface area contributed by atoms with Crippen LogP contribution in [0, 0.1) is 13.8 Å². The molecule has 7 nitrogen and oxygen atoms in total. The molecule has 2 rings (SSSR count). The molecule has 2 heterocycles. The van der Waals surface area contributed by atoms with Crippen LogP contribution >= 0.6 is 11.3 Å². The summed E-state index contributed by atoms with van der Waals surface area (Å²) < 4.78 is 10.3. The molecule has 0 bridgehead atoms. The standard InChI is InChI=1S/C17H18N2O5S/c1-4-23-17(22)13-10(3)14(15(18)21)25-16(13)19-12(20)8-7-11-6-5-9(2)24-11/h5-8H,4H2,1-3H3,(H2,18,21)(H,19,20). The quantitative estimate of drug-likeness (QED) is 0.606. The summed E-state index contributed by atoms with van der Waals surface area (Å²) in [4.78, 5) is 36.0. The van der Waals surface area contributed by atoms with E-state index in [1.807, 2.05) is 0 Å². The summed E-state index contributed by atoms with van der Waals surface area (Å²) in [5.74, 6) is -0.514. The summed E-state index contributed by atoms with van der Waals surface area (Å²) in [5.41, 5.74) is 5.84. The Morgan fingerprint density at radius 3 is 2.60 bits per heavy atom. The summed E-state index contributed by atoms with van der Waals surface area (Å²) in [6, 6.07) is 3.50. The van der Waals surface area contributed by atoms with E-state index in [9.17, 15) is 14.4 Å². The summed E-state index contributed by atoms with van der Waals surface area (Å²) in [6.45, 7) is 5.22. The molecule has 2 aromatic rings. The molecule has 132 valence electrons. The number of rotatable bonds is 6. The molecule has 0 spiro atoms. The van der Waals surface area contributed by atoms with Gasteiger partial charge in [-0.2, -0.15) is 0 Å². The molecule has 2 amide bonds. The van der Waals surface area contributed by atoms with Crippen LogP contribution in [0.3, 0.4) is 0 Å². The molecular formula is C17H18N2O5S. The predicted octanol–water partition coefficient (Wildman–Crippen LogP) is 2.89. The first-order valence-corrected chi connectivity index (χ1v) is 8.31. The minimum absolute atomic E-state index is 0.135.